The van der Waals surface area contributed by atoms with Gasteiger partial charge in [0.15, 0.2) is 0 Å². The maximum absolute atomic E-state index is 12.4. The minimum atomic E-state index is -0.274. The van der Waals surface area contributed by atoms with Crippen LogP contribution in [0.4, 0.5) is 0 Å². The molecular weight excluding hydrogens is 280 g/mol. The van der Waals surface area contributed by atoms with Crippen LogP contribution in [0.25, 0.3) is 0 Å². The van der Waals surface area contributed by atoms with Gasteiger partial charge in [0.25, 0.3) is 5.91 Å². The summed E-state index contributed by atoms with van der Waals surface area (Å²) in [6.45, 7) is 2.44. The predicted octanol–water partition coefficient (Wildman–Crippen LogP) is 1.99. The average molecular weight is 299 g/mol. The zero-order chi connectivity index (χ0) is 15.3. The van der Waals surface area contributed by atoms with Crippen LogP contribution < -0.4 is 0 Å². The first-order chi connectivity index (χ1) is 9.36. The molecule has 2 amide bonds. The number of hydrogen-bond acceptors (Lipinski definition) is 3. The number of rotatable bonds is 5. The number of aromatic hydroxyl groups is 1. The number of benzene rings is 1. The van der Waals surface area contributed by atoms with E-state index in [1.54, 1.807) is 14.1 Å². The van der Waals surface area contributed by atoms with Crippen molar-refractivity contribution in [1.29, 1.82) is 0 Å². The number of likely N-dealkylation sites (N-methyl/N-ethyl adjacent to an activating group) is 1. The molecule has 0 aliphatic heterocycles. The van der Waals surface area contributed by atoms with Crippen molar-refractivity contribution in [2.24, 2.45) is 0 Å². The highest BCUT2D eigenvalue weighted by molar-refractivity contribution is 6.32. The van der Waals surface area contributed by atoms with E-state index < -0.39 is 0 Å². The average Bonchev–Trinajstić information content (AvgIpc) is 2.40. The van der Waals surface area contributed by atoms with E-state index in [1.807, 2.05) is 6.92 Å². The maximum atomic E-state index is 12.4. The highest BCUT2D eigenvalue weighted by atomic mass is 35.5. The van der Waals surface area contributed by atoms with Gasteiger partial charge in [-0.1, -0.05) is 18.5 Å². The predicted molar refractivity (Wildman–Crippen MR) is 78.0 cm³/mol. The summed E-state index contributed by atoms with van der Waals surface area (Å²) in [6, 6.07) is 4.27. The van der Waals surface area contributed by atoms with Gasteiger partial charge in [0.2, 0.25) is 5.91 Å². The van der Waals surface area contributed by atoms with E-state index in [0.717, 1.165) is 6.42 Å². The molecule has 0 saturated carbocycles. The first-order valence-electron chi connectivity index (χ1n) is 6.34. The van der Waals surface area contributed by atoms with Crippen LogP contribution in [0.1, 0.15) is 23.7 Å². The SMILES string of the molecule is CCCN(CC(=O)N(C)C)C(=O)c1ccc(O)c(Cl)c1. The molecule has 20 heavy (non-hydrogen) atoms. The first kappa shape index (κ1) is 16.3. The lowest BCUT2D eigenvalue weighted by Gasteiger charge is -2.23. The van der Waals surface area contributed by atoms with Crippen molar-refractivity contribution in [2.45, 2.75) is 13.3 Å². The Hall–Kier alpha value is -1.75. The maximum Gasteiger partial charge on any atom is 0.254 e. The Bertz CT molecular complexity index is 503. The van der Waals surface area contributed by atoms with E-state index in [9.17, 15) is 14.7 Å². The highest BCUT2D eigenvalue weighted by Gasteiger charge is 2.19. The Morgan fingerprint density at radius 2 is 1.95 bits per heavy atom. The topological polar surface area (TPSA) is 60.9 Å². The molecule has 0 spiro atoms. The molecule has 0 radical (unpaired) electrons. The monoisotopic (exact) mass is 298 g/mol. The fourth-order valence-electron chi connectivity index (χ4n) is 1.65. The molecule has 5 nitrogen and oxygen atoms in total. The number of carbonyl (C=O) groups is 2. The molecule has 1 rings (SSSR count). The minimum Gasteiger partial charge on any atom is -0.506 e. The fraction of sp³-hybridized carbons (Fsp3) is 0.429. The Balaban J connectivity index is 2.92. The van der Waals surface area contributed by atoms with Crippen molar-refractivity contribution >= 4 is 23.4 Å². The van der Waals surface area contributed by atoms with Crippen LogP contribution in [0.3, 0.4) is 0 Å². The zero-order valence-corrected chi connectivity index (χ0v) is 12.6. The Morgan fingerprint density at radius 3 is 2.45 bits per heavy atom. The summed E-state index contributed by atoms with van der Waals surface area (Å²) >= 11 is 5.80. The van der Waals surface area contributed by atoms with Crippen LogP contribution in [0.15, 0.2) is 18.2 Å². The van der Waals surface area contributed by atoms with Crippen LogP contribution in [0.5, 0.6) is 5.75 Å². The number of halogens is 1. The molecular formula is C14H19ClN2O3. The van der Waals surface area contributed by atoms with Crippen molar-refractivity contribution < 1.29 is 14.7 Å². The summed E-state index contributed by atoms with van der Waals surface area (Å²) < 4.78 is 0. The van der Waals surface area contributed by atoms with Crippen LogP contribution in [0.2, 0.25) is 5.02 Å². The normalized spacial score (nSPS) is 10.2. The van der Waals surface area contributed by atoms with E-state index in [-0.39, 0.29) is 29.1 Å². The Kier molecular flexibility index (Phi) is 5.82. The van der Waals surface area contributed by atoms with Crippen molar-refractivity contribution in [3.63, 3.8) is 0 Å². The van der Waals surface area contributed by atoms with Gasteiger partial charge in [0, 0.05) is 26.2 Å². The smallest absolute Gasteiger partial charge is 0.254 e. The molecule has 6 heteroatoms. The van der Waals surface area contributed by atoms with Gasteiger partial charge >= 0.3 is 0 Å². The van der Waals surface area contributed by atoms with Gasteiger partial charge in [-0.2, -0.15) is 0 Å². The summed E-state index contributed by atoms with van der Waals surface area (Å²) in [6.07, 6.45) is 0.748. The summed E-state index contributed by atoms with van der Waals surface area (Å²) in [5.74, 6) is -0.491. The van der Waals surface area contributed by atoms with Crippen molar-refractivity contribution in [3.05, 3.63) is 28.8 Å². The molecule has 0 aromatic heterocycles. The largest absolute Gasteiger partial charge is 0.506 e. The van der Waals surface area contributed by atoms with E-state index in [2.05, 4.69) is 0 Å². The lowest BCUT2D eigenvalue weighted by Crippen LogP contribution is -2.40. The number of phenolic OH excluding ortho intramolecular Hbond substituents is 1. The van der Waals surface area contributed by atoms with Gasteiger partial charge in [-0.05, 0) is 24.6 Å². The van der Waals surface area contributed by atoms with Crippen molar-refractivity contribution in [3.8, 4) is 5.75 Å². The fourth-order valence-corrected chi connectivity index (χ4v) is 1.83. The standard InChI is InChI=1S/C14H19ClN2O3/c1-4-7-17(9-13(19)16(2)3)14(20)10-5-6-12(18)11(15)8-10/h5-6,8,18H,4,7,9H2,1-3H3. The van der Waals surface area contributed by atoms with E-state index in [0.29, 0.717) is 12.1 Å². The third-order valence-electron chi connectivity index (χ3n) is 2.80. The van der Waals surface area contributed by atoms with Crippen LogP contribution in [-0.4, -0.2) is 53.9 Å². The van der Waals surface area contributed by atoms with Gasteiger partial charge in [-0.25, -0.2) is 0 Å². The van der Waals surface area contributed by atoms with E-state index >= 15 is 0 Å². The van der Waals surface area contributed by atoms with E-state index in [1.165, 1.54) is 28.0 Å². The molecule has 1 N–H and O–H groups in total. The summed E-state index contributed by atoms with van der Waals surface area (Å²) in [5, 5.41) is 9.48. The van der Waals surface area contributed by atoms with Gasteiger partial charge in [-0.3, -0.25) is 9.59 Å². The molecule has 0 aliphatic carbocycles. The number of phenols is 1. The second kappa shape index (κ2) is 7.14. The Morgan fingerprint density at radius 1 is 1.30 bits per heavy atom. The van der Waals surface area contributed by atoms with Gasteiger partial charge in [0.05, 0.1) is 5.02 Å². The van der Waals surface area contributed by atoms with Crippen LogP contribution in [0, 0.1) is 0 Å². The number of nitrogens with zero attached hydrogens (tertiary/aromatic N) is 2. The molecule has 0 bridgehead atoms. The van der Waals surface area contributed by atoms with Gasteiger partial charge < -0.3 is 14.9 Å². The lowest BCUT2D eigenvalue weighted by molar-refractivity contribution is -0.129. The van der Waals surface area contributed by atoms with Crippen LogP contribution in [-0.2, 0) is 4.79 Å². The zero-order valence-electron chi connectivity index (χ0n) is 11.9. The highest BCUT2D eigenvalue weighted by Crippen LogP contribution is 2.24. The van der Waals surface area contributed by atoms with Gasteiger partial charge in [-0.15, -0.1) is 0 Å². The molecule has 110 valence electrons. The second-order valence-corrected chi connectivity index (χ2v) is 5.09. The molecule has 0 heterocycles. The Labute approximate surface area is 123 Å². The van der Waals surface area contributed by atoms with Crippen molar-refractivity contribution in [2.75, 3.05) is 27.2 Å². The molecule has 0 aliphatic rings. The number of hydrogen-bond donors (Lipinski definition) is 1. The van der Waals surface area contributed by atoms with Gasteiger partial charge in [0.1, 0.15) is 12.3 Å². The third kappa shape index (κ3) is 4.13. The second-order valence-electron chi connectivity index (χ2n) is 4.68. The number of amides is 2. The first-order valence-corrected chi connectivity index (χ1v) is 6.72. The third-order valence-corrected chi connectivity index (χ3v) is 3.10. The molecule has 0 fully saturated rings. The van der Waals surface area contributed by atoms with E-state index in [4.69, 9.17) is 11.6 Å². The summed E-state index contributed by atoms with van der Waals surface area (Å²) in [5.41, 5.74) is 0.354. The molecule has 0 unspecified atom stereocenters. The summed E-state index contributed by atoms with van der Waals surface area (Å²) in [4.78, 5) is 27.0. The molecule has 0 saturated heterocycles. The minimum absolute atomic E-state index is 0.0260. The lowest BCUT2D eigenvalue weighted by atomic mass is 10.2. The molecule has 1 aromatic rings. The quantitative estimate of drug-likeness (QED) is 0.904. The van der Waals surface area contributed by atoms with Crippen molar-refractivity contribution in [1.82, 2.24) is 9.80 Å². The van der Waals surface area contributed by atoms with Crippen LogP contribution >= 0.6 is 11.6 Å². The summed E-state index contributed by atoms with van der Waals surface area (Å²) in [7, 11) is 3.29. The molecule has 1 aromatic carbocycles. The number of carbonyl (C=O) groups excluding carboxylic acids is 2. The molecule has 0 atom stereocenters.